The van der Waals surface area contributed by atoms with Gasteiger partial charge in [-0.15, -0.1) is 0 Å². The van der Waals surface area contributed by atoms with Gasteiger partial charge in [-0.1, -0.05) is 6.92 Å². The van der Waals surface area contributed by atoms with Crippen LogP contribution in [0.5, 0.6) is 0 Å². The van der Waals surface area contributed by atoms with Crippen LogP contribution < -0.4 is 5.32 Å². The monoisotopic (exact) mass is 238 g/mol. The minimum Gasteiger partial charge on any atom is -0.311 e. The molecule has 2 heteroatoms. The molecule has 2 aliphatic rings. The smallest absolute Gasteiger partial charge is 0.0125 e. The molecule has 0 aromatic rings. The van der Waals surface area contributed by atoms with Gasteiger partial charge in [0.05, 0.1) is 0 Å². The highest BCUT2D eigenvalue weighted by Crippen LogP contribution is 2.48. The van der Waals surface area contributed by atoms with Gasteiger partial charge >= 0.3 is 0 Å². The van der Waals surface area contributed by atoms with E-state index in [2.05, 4.69) is 44.8 Å². The lowest BCUT2D eigenvalue weighted by molar-refractivity contribution is 0.0918. The summed E-state index contributed by atoms with van der Waals surface area (Å²) in [5, 5.41) is 3.87. The van der Waals surface area contributed by atoms with E-state index in [0.29, 0.717) is 17.0 Å². The van der Waals surface area contributed by atoms with Crippen LogP contribution in [0.3, 0.4) is 0 Å². The molecule has 17 heavy (non-hydrogen) atoms. The third kappa shape index (κ3) is 3.23. The highest BCUT2D eigenvalue weighted by atomic mass is 15.2. The lowest BCUT2D eigenvalue weighted by atomic mass is 9.95. The van der Waals surface area contributed by atoms with Gasteiger partial charge in [-0.2, -0.15) is 0 Å². The molecule has 1 aliphatic heterocycles. The average molecular weight is 238 g/mol. The van der Waals surface area contributed by atoms with Gasteiger partial charge in [0.2, 0.25) is 0 Å². The normalized spacial score (nSPS) is 28.1. The number of rotatable bonds is 3. The van der Waals surface area contributed by atoms with Gasteiger partial charge in [0.25, 0.3) is 0 Å². The van der Waals surface area contributed by atoms with Crippen molar-refractivity contribution >= 4 is 0 Å². The molecule has 100 valence electrons. The summed E-state index contributed by atoms with van der Waals surface area (Å²) < 4.78 is 0. The third-order valence-corrected chi connectivity index (χ3v) is 5.01. The van der Waals surface area contributed by atoms with Crippen molar-refractivity contribution < 1.29 is 0 Å². The van der Waals surface area contributed by atoms with Crippen LogP contribution in [0.1, 0.15) is 60.3 Å². The molecule has 0 aromatic carbocycles. The highest BCUT2D eigenvalue weighted by Gasteiger charge is 2.43. The summed E-state index contributed by atoms with van der Waals surface area (Å²) in [4.78, 5) is 2.62. The summed E-state index contributed by atoms with van der Waals surface area (Å²) in [5.41, 5.74) is 0.959. The minimum atomic E-state index is 0.346. The summed E-state index contributed by atoms with van der Waals surface area (Å²) in [6.45, 7) is 14.3. The van der Waals surface area contributed by atoms with Crippen LogP contribution in [0.4, 0.5) is 0 Å². The van der Waals surface area contributed by atoms with Gasteiger partial charge < -0.3 is 5.32 Å². The van der Waals surface area contributed by atoms with E-state index < -0.39 is 0 Å². The fourth-order valence-electron chi connectivity index (χ4n) is 2.90. The molecule has 1 unspecified atom stereocenters. The van der Waals surface area contributed by atoms with Gasteiger partial charge in [-0.3, -0.25) is 4.90 Å². The first-order valence-corrected chi connectivity index (χ1v) is 7.32. The van der Waals surface area contributed by atoms with Crippen molar-refractivity contribution in [2.45, 2.75) is 77.9 Å². The van der Waals surface area contributed by atoms with E-state index in [9.17, 15) is 0 Å². The van der Waals surface area contributed by atoms with Crippen molar-refractivity contribution in [1.82, 2.24) is 10.2 Å². The molecule has 2 rings (SSSR count). The molecular weight excluding hydrogens is 208 g/mol. The van der Waals surface area contributed by atoms with Crippen molar-refractivity contribution in [3.63, 3.8) is 0 Å². The summed E-state index contributed by atoms with van der Waals surface area (Å²) in [6, 6.07) is 1.45. The van der Waals surface area contributed by atoms with Crippen LogP contribution in [0.15, 0.2) is 0 Å². The lowest BCUT2D eigenvalue weighted by Crippen LogP contribution is -2.52. The summed E-state index contributed by atoms with van der Waals surface area (Å²) in [5.74, 6) is 0. The third-order valence-electron chi connectivity index (χ3n) is 5.01. The predicted molar refractivity (Wildman–Crippen MR) is 74.3 cm³/mol. The molecule has 0 bridgehead atoms. The molecule has 2 nitrogen and oxygen atoms in total. The van der Waals surface area contributed by atoms with E-state index in [4.69, 9.17) is 0 Å². The standard InChI is InChI=1S/C15H30N2/c1-12(15(5)8-9-15)16-13-6-10-17(11-7-13)14(2,3)4/h12-13,16H,6-11H2,1-5H3. The zero-order valence-corrected chi connectivity index (χ0v) is 12.3. The van der Waals surface area contributed by atoms with E-state index in [-0.39, 0.29) is 0 Å². The Hall–Kier alpha value is -0.0800. The van der Waals surface area contributed by atoms with Gasteiger partial charge in [-0.05, 0) is 58.8 Å². The first-order chi connectivity index (χ1) is 7.81. The fraction of sp³-hybridized carbons (Fsp3) is 1.00. The maximum Gasteiger partial charge on any atom is 0.0125 e. The second kappa shape index (κ2) is 4.55. The average Bonchev–Trinajstić information content (AvgIpc) is 2.97. The van der Waals surface area contributed by atoms with Gasteiger partial charge in [-0.25, -0.2) is 0 Å². The molecular formula is C15H30N2. The second-order valence-electron chi connectivity index (χ2n) is 7.47. The van der Waals surface area contributed by atoms with Crippen molar-refractivity contribution in [2.75, 3.05) is 13.1 Å². The number of nitrogens with zero attached hydrogens (tertiary/aromatic N) is 1. The number of nitrogens with one attached hydrogen (secondary N) is 1. The quantitative estimate of drug-likeness (QED) is 0.813. The molecule has 1 atom stereocenters. The number of hydrogen-bond acceptors (Lipinski definition) is 2. The Kier molecular flexibility index (Phi) is 3.57. The van der Waals surface area contributed by atoms with Crippen molar-refractivity contribution in [3.05, 3.63) is 0 Å². The van der Waals surface area contributed by atoms with Crippen LogP contribution in [0.2, 0.25) is 0 Å². The van der Waals surface area contributed by atoms with E-state index in [1.807, 2.05) is 0 Å². The molecule has 0 amide bonds. The van der Waals surface area contributed by atoms with Gasteiger partial charge in [0, 0.05) is 30.7 Å². The SMILES string of the molecule is CC(NC1CCN(C(C)(C)C)CC1)C1(C)CC1. The Balaban J connectivity index is 1.76. The van der Waals surface area contributed by atoms with Gasteiger partial charge in [0.15, 0.2) is 0 Å². The molecule has 0 radical (unpaired) electrons. The lowest BCUT2D eigenvalue weighted by Gasteiger charge is -2.42. The van der Waals surface area contributed by atoms with Crippen molar-refractivity contribution in [2.24, 2.45) is 5.41 Å². The molecule has 0 aromatic heterocycles. The van der Waals surface area contributed by atoms with Crippen molar-refractivity contribution in [3.8, 4) is 0 Å². The summed E-state index contributed by atoms with van der Waals surface area (Å²) in [7, 11) is 0. The topological polar surface area (TPSA) is 15.3 Å². The Labute approximate surface area is 107 Å². The van der Waals surface area contributed by atoms with Crippen LogP contribution >= 0.6 is 0 Å². The molecule has 1 N–H and O–H groups in total. The number of likely N-dealkylation sites (tertiary alicyclic amines) is 1. The zero-order chi connectivity index (χ0) is 12.7. The Morgan fingerprint density at radius 3 is 2.12 bits per heavy atom. The van der Waals surface area contributed by atoms with E-state index in [1.54, 1.807) is 0 Å². The Bertz CT molecular complexity index is 255. The van der Waals surface area contributed by atoms with E-state index in [1.165, 1.54) is 38.8 Å². The van der Waals surface area contributed by atoms with Crippen LogP contribution in [-0.2, 0) is 0 Å². The number of hydrogen-bond donors (Lipinski definition) is 1. The predicted octanol–water partition coefficient (Wildman–Crippen LogP) is 3.03. The summed E-state index contributed by atoms with van der Waals surface area (Å²) >= 11 is 0. The van der Waals surface area contributed by atoms with E-state index in [0.717, 1.165) is 6.04 Å². The molecule has 0 spiro atoms. The number of piperidine rings is 1. The van der Waals surface area contributed by atoms with E-state index >= 15 is 0 Å². The van der Waals surface area contributed by atoms with Crippen molar-refractivity contribution in [1.29, 1.82) is 0 Å². The minimum absolute atomic E-state index is 0.346. The largest absolute Gasteiger partial charge is 0.311 e. The molecule has 1 saturated heterocycles. The van der Waals surface area contributed by atoms with Crippen LogP contribution in [-0.4, -0.2) is 35.6 Å². The first-order valence-electron chi connectivity index (χ1n) is 7.32. The first kappa shape index (κ1) is 13.4. The molecule has 1 heterocycles. The second-order valence-corrected chi connectivity index (χ2v) is 7.47. The maximum absolute atomic E-state index is 3.87. The maximum atomic E-state index is 3.87. The Morgan fingerprint density at radius 2 is 1.71 bits per heavy atom. The highest BCUT2D eigenvalue weighted by molar-refractivity contribution is 4.98. The molecule has 1 aliphatic carbocycles. The van der Waals surface area contributed by atoms with Gasteiger partial charge in [0.1, 0.15) is 0 Å². The van der Waals surface area contributed by atoms with Crippen LogP contribution in [0.25, 0.3) is 0 Å². The fourth-order valence-corrected chi connectivity index (χ4v) is 2.90. The Morgan fingerprint density at radius 1 is 1.18 bits per heavy atom. The zero-order valence-electron chi connectivity index (χ0n) is 12.3. The summed E-state index contributed by atoms with van der Waals surface area (Å²) in [6.07, 6.45) is 5.47. The van der Waals surface area contributed by atoms with Crippen LogP contribution in [0, 0.1) is 5.41 Å². The molecule has 2 fully saturated rings. The molecule has 1 saturated carbocycles.